The van der Waals surface area contributed by atoms with Crippen molar-refractivity contribution in [2.75, 3.05) is 13.6 Å². The second-order valence-corrected chi connectivity index (χ2v) is 1.96. The fraction of sp³-hybridized carbons (Fsp3) is 0.750. The molecule has 0 rings (SSSR count). The highest BCUT2D eigenvalue weighted by Crippen LogP contribution is 1.87. The molecule has 0 fully saturated rings. The van der Waals surface area contributed by atoms with Gasteiger partial charge in [0.1, 0.15) is 5.52 Å². The zero-order chi connectivity index (χ0) is 5.70. The van der Waals surface area contributed by atoms with Gasteiger partial charge in [-0.1, -0.05) is 9.24 Å². The van der Waals surface area contributed by atoms with Gasteiger partial charge in [0.2, 0.25) is 0 Å². The summed E-state index contributed by atoms with van der Waals surface area (Å²) in [5.74, 6) is 0. The molecule has 7 heavy (non-hydrogen) atoms. The molecule has 0 aromatic rings. The summed E-state index contributed by atoms with van der Waals surface area (Å²) < 4.78 is 0. The minimum Gasteiger partial charge on any atom is -0.319 e. The van der Waals surface area contributed by atoms with Gasteiger partial charge in [0, 0.05) is 13.0 Å². The van der Waals surface area contributed by atoms with Crippen LogP contribution in [0.4, 0.5) is 0 Å². The molecular weight excluding hydrogens is 109 g/mol. The number of hydrogen-bond acceptors (Lipinski definition) is 2. The Bertz CT molecular complexity index is 64.7. The Morgan fingerprint density at radius 3 is 2.57 bits per heavy atom. The minimum absolute atomic E-state index is 0.161. The van der Waals surface area contributed by atoms with Gasteiger partial charge in [-0.2, -0.15) is 0 Å². The first-order chi connectivity index (χ1) is 3.27. The number of rotatable bonds is 3. The van der Waals surface area contributed by atoms with Crippen molar-refractivity contribution < 1.29 is 4.79 Å². The molecule has 1 atom stereocenters. The fourth-order valence-electron chi connectivity index (χ4n) is 0.248. The third-order valence-electron chi connectivity index (χ3n) is 0.621. The lowest BCUT2D eigenvalue weighted by atomic mass is 10.5. The van der Waals surface area contributed by atoms with Crippen molar-refractivity contribution in [1.29, 1.82) is 0 Å². The topological polar surface area (TPSA) is 29.1 Å². The molecule has 0 aromatic heterocycles. The predicted octanol–water partition coefficient (Wildman–Crippen LogP) is -0.00240. The van der Waals surface area contributed by atoms with Gasteiger partial charge < -0.3 is 5.32 Å². The monoisotopic (exact) mass is 119 g/mol. The van der Waals surface area contributed by atoms with Crippen LogP contribution in [-0.4, -0.2) is 19.1 Å². The fourth-order valence-corrected chi connectivity index (χ4v) is 0.393. The molecule has 0 bridgehead atoms. The molecule has 0 amide bonds. The number of nitrogens with one attached hydrogen (secondary N) is 1. The average molecular weight is 119 g/mol. The molecule has 0 radical (unpaired) electrons. The van der Waals surface area contributed by atoms with Crippen molar-refractivity contribution in [2.45, 2.75) is 6.42 Å². The average Bonchev–Trinajstić information content (AvgIpc) is 1.61. The molecule has 0 spiro atoms. The van der Waals surface area contributed by atoms with Crippen molar-refractivity contribution >= 4 is 14.8 Å². The third kappa shape index (κ3) is 6.06. The van der Waals surface area contributed by atoms with Gasteiger partial charge in [-0.25, -0.2) is 0 Å². The van der Waals surface area contributed by atoms with E-state index in [9.17, 15) is 4.79 Å². The van der Waals surface area contributed by atoms with Crippen molar-refractivity contribution in [3.63, 3.8) is 0 Å². The lowest BCUT2D eigenvalue weighted by Gasteiger charge is -1.89. The van der Waals surface area contributed by atoms with E-state index in [0.717, 1.165) is 6.54 Å². The van der Waals surface area contributed by atoms with Crippen molar-refractivity contribution in [3.05, 3.63) is 0 Å². The van der Waals surface area contributed by atoms with E-state index in [-0.39, 0.29) is 5.52 Å². The summed E-state index contributed by atoms with van der Waals surface area (Å²) in [4.78, 5) is 10.1. The van der Waals surface area contributed by atoms with E-state index in [0.29, 0.717) is 6.42 Å². The van der Waals surface area contributed by atoms with E-state index in [2.05, 4.69) is 14.6 Å². The Morgan fingerprint density at radius 2 is 2.43 bits per heavy atom. The molecule has 0 heterocycles. The largest absolute Gasteiger partial charge is 0.319 e. The van der Waals surface area contributed by atoms with E-state index in [1.165, 1.54) is 0 Å². The van der Waals surface area contributed by atoms with Crippen LogP contribution in [0.2, 0.25) is 0 Å². The summed E-state index contributed by atoms with van der Waals surface area (Å²) in [5.41, 5.74) is 0.161. The molecule has 0 aliphatic rings. The minimum atomic E-state index is 0.161. The van der Waals surface area contributed by atoms with Gasteiger partial charge >= 0.3 is 0 Å². The van der Waals surface area contributed by atoms with E-state index in [1.54, 1.807) is 0 Å². The van der Waals surface area contributed by atoms with Crippen LogP contribution in [0, 0.1) is 0 Å². The Kier molecular flexibility index (Phi) is 4.26. The molecule has 0 saturated heterocycles. The maximum Gasteiger partial charge on any atom is 0.149 e. The maximum absolute atomic E-state index is 10.1. The van der Waals surface area contributed by atoms with Crippen molar-refractivity contribution in [2.24, 2.45) is 0 Å². The predicted molar refractivity (Wildman–Crippen MR) is 33.3 cm³/mol. The van der Waals surface area contributed by atoms with Crippen LogP contribution in [0.1, 0.15) is 6.42 Å². The van der Waals surface area contributed by atoms with Crippen LogP contribution in [0.3, 0.4) is 0 Å². The van der Waals surface area contributed by atoms with Crippen LogP contribution in [0.15, 0.2) is 0 Å². The van der Waals surface area contributed by atoms with Crippen LogP contribution in [0.5, 0.6) is 0 Å². The molecule has 1 unspecified atom stereocenters. The highest BCUT2D eigenvalue weighted by Gasteiger charge is 1.86. The quantitative estimate of drug-likeness (QED) is 0.530. The second-order valence-electron chi connectivity index (χ2n) is 1.32. The van der Waals surface area contributed by atoms with Crippen LogP contribution < -0.4 is 5.32 Å². The van der Waals surface area contributed by atoms with Gasteiger partial charge in [0.25, 0.3) is 0 Å². The Balaban J connectivity index is 2.82. The molecule has 3 heteroatoms. The second kappa shape index (κ2) is 4.23. The highest BCUT2D eigenvalue weighted by molar-refractivity contribution is 7.40. The molecule has 0 saturated carbocycles. The first kappa shape index (κ1) is 7.06. The summed E-state index contributed by atoms with van der Waals surface area (Å²) in [7, 11) is 3.96. The molecule has 0 aromatic carbocycles. The molecule has 1 N–H and O–H groups in total. The smallest absolute Gasteiger partial charge is 0.149 e. The number of carbonyl (C=O) groups is 1. The summed E-state index contributed by atoms with van der Waals surface area (Å²) in [6.07, 6.45) is 0.612. The van der Waals surface area contributed by atoms with Crippen LogP contribution >= 0.6 is 9.24 Å². The summed E-state index contributed by atoms with van der Waals surface area (Å²) in [6, 6.07) is 0. The SMILES string of the molecule is CNCCC(=O)P. The highest BCUT2D eigenvalue weighted by atomic mass is 31.0. The number of hydrogen-bond donors (Lipinski definition) is 1. The normalized spacial score (nSPS) is 8.86. The zero-order valence-electron chi connectivity index (χ0n) is 4.40. The van der Waals surface area contributed by atoms with Crippen LogP contribution in [0.25, 0.3) is 0 Å². The van der Waals surface area contributed by atoms with Crippen LogP contribution in [-0.2, 0) is 4.79 Å². The van der Waals surface area contributed by atoms with E-state index < -0.39 is 0 Å². The van der Waals surface area contributed by atoms with Crippen molar-refractivity contribution in [3.8, 4) is 0 Å². The van der Waals surface area contributed by atoms with E-state index in [4.69, 9.17) is 0 Å². The Hall–Kier alpha value is 0.0600. The van der Waals surface area contributed by atoms with Gasteiger partial charge in [0.15, 0.2) is 0 Å². The molecule has 0 aliphatic carbocycles. The summed E-state index contributed by atoms with van der Waals surface area (Å²) in [6.45, 7) is 0.780. The molecule has 0 aliphatic heterocycles. The van der Waals surface area contributed by atoms with Crippen molar-refractivity contribution in [1.82, 2.24) is 5.32 Å². The molecule has 42 valence electrons. The maximum atomic E-state index is 10.1. The van der Waals surface area contributed by atoms with E-state index in [1.807, 2.05) is 7.05 Å². The summed E-state index contributed by atoms with van der Waals surface area (Å²) in [5, 5.41) is 2.86. The third-order valence-corrected chi connectivity index (χ3v) is 0.910. The molecule has 2 nitrogen and oxygen atoms in total. The lowest BCUT2D eigenvalue weighted by Crippen LogP contribution is -2.09. The number of carbonyl (C=O) groups excluding carboxylic acids is 1. The Labute approximate surface area is 45.9 Å². The zero-order valence-corrected chi connectivity index (χ0v) is 5.55. The van der Waals surface area contributed by atoms with Gasteiger partial charge in [-0.05, 0) is 7.05 Å². The van der Waals surface area contributed by atoms with Gasteiger partial charge in [0.05, 0.1) is 0 Å². The lowest BCUT2D eigenvalue weighted by molar-refractivity contribution is -0.111. The van der Waals surface area contributed by atoms with Gasteiger partial charge in [-0.15, -0.1) is 0 Å². The first-order valence-electron chi connectivity index (χ1n) is 2.20. The first-order valence-corrected chi connectivity index (χ1v) is 2.78. The standard InChI is InChI=1S/C4H10NOP/c1-5-3-2-4(6)7/h5H,2-3,7H2,1H3. The Morgan fingerprint density at radius 1 is 1.86 bits per heavy atom. The van der Waals surface area contributed by atoms with Gasteiger partial charge in [-0.3, -0.25) is 4.79 Å². The summed E-state index contributed by atoms with van der Waals surface area (Å²) >= 11 is 0. The van der Waals surface area contributed by atoms with E-state index >= 15 is 0 Å². The molecular formula is C4H10NOP.